The zero-order valence-electron chi connectivity index (χ0n) is 11.8. The van der Waals surface area contributed by atoms with Gasteiger partial charge in [-0.25, -0.2) is 13.4 Å². The molecule has 0 unspecified atom stereocenters. The Morgan fingerprint density at radius 3 is 2.65 bits per heavy atom. The van der Waals surface area contributed by atoms with Gasteiger partial charge in [-0.1, -0.05) is 39.3 Å². The molecule has 0 bridgehead atoms. The summed E-state index contributed by atoms with van der Waals surface area (Å²) in [6, 6.07) is 12.1. The number of aromatic nitrogens is 2. The molecule has 3 aromatic rings. The van der Waals surface area contributed by atoms with E-state index in [-0.39, 0.29) is 5.75 Å². The third-order valence-corrected chi connectivity index (χ3v) is 6.81. The maximum atomic E-state index is 12.3. The van der Waals surface area contributed by atoms with Gasteiger partial charge in [0.15, 0.2) is 15.0 Å². The van der Waals surface area contributed by atoms with E-state index < -0.39 is 9.84 Å². The topological polar surface area (TPSA) is 62.8 Å². The Balaban J connectivity index is 1.66. The van der Waals surface area contributed by atoms with Crippen molar-refractivity contribution in [3.63, 3.8) is 0 Å². The number of sulfone groups is 1. The molecule has 23 heavy (non-hydrogen) atoms. The number of rotatable bonds is 5. The minimum Gasteiger partial charge on any atom is -0.333 e. The lowest BCUT2D eigenvalue weighted by Crippen LogP contribution is -2.08. The lowest BCUT2D eigenvalue weighted by molar-refractivity contribution is 0.597. The summed E-state index contributed by atoms with van der Waals surface area (Å²) < 4.78 is 25.4. The van der Waals surface area contributed by atoms with Gasteiger partial charge in [-0.15, -0.1) is 0 Å². The van der Waals surface area contributed by atoms with Crippen LogP contribution in [0, 0.1) is 0 Å². The zero-order chi connectivity index (χ0) is 16.4. The first-order valence-electron chi connectivity index (χ1n) is 6.70. The fourth-order valence-electron chi connectivity index (χ4n) is 2.03. The Labute approximate surface area is 151 Å². The molecule has 0 saturated carbocycles. The quantitative estimate of drug-likeness (QED) is 0.602. The highest BCUT2D eigenvalue weighted by Crippen LogP contribution is 2.23. The Morgan fingerprint density at radius 1 is 1.17 bits per heavy atom. The van der Waals surface area contributed by atoms with Gasteiger partial charge in [0.1, 0.15) is 0 Å². The molecule has 1 N–H and O–H groups in total. The standard InChI is InChI=1S/C15H12BrClN2O2S2/c16-10-1-4-12(5-2-10)23(20,21)8-7-22-15-18-13-6-3-11(17)9-14(13)19-15/h1-6,9H,7-8H2,(H,18,19). The molecule has 1 heterocycles. The summed E-state index contributed by atoms with van der Waals surface area (Å²) in [5, 5.41) is 1.32. The van der Waals surface area contributed by atoms with E-state index in [2.05, 4.69) is 25.9 Å². The van der Waals surface area contributed by atoms with E-state index in [9.17, 15) is 8.42 Å². The molecule has 0 aliphatic heterocycles. The van der Waals surface area contributed by atoms with Gasteiger partial charge in [0.25, 0.3) is 0 Å². The summed E-state index contributed by atoms with van der Waals surface area (Å²) in [5.41, 5.74) is 1.66. The molecule has 0 amide bonds. The van der Waals surface area contributed by atoms with Gasteiger partial charge < -0.3 is 4.98 Å². The average molecular weight is 432 g/mol. The van der Waals surface area contributed by atoms with Crippen LogP contribution in [-0.2, 0) is 9.84 Å². The molecule has 0 aliphatic carbocycles. The number of H-pyrrole nitrogens is 1. The predicted octanol–water partition coefficient (Wildman–Crippen LogP) is 4.54. The van der Waals surface area contributed by atoms with Gasteiger partial charge in [-0.05, 0) is 42.5 Å². The molecule has 8 heteroatoms. The van der Waals surface area contributed by atoms with Crippen molar-refractivity contribution < 1.29 is 8.42 Å². The number of hydrogen-bond acceptors (Lipinski definition) is 4. The van der Waals surface area contributed by atoms with Crippen LogP contribution in [0.25, 0.3) is 11.0 Å². The molecule has 0 fully saturated rings. The molecule has 0 radical (unpaired) electrons. The first-order valence-corrected chi connectivity index (χ1v) is 10.5. The summed E-state index contributed by atoms with van der Waals surface area (Å²) in [7, 11) is -3.29. The third kappa shape index (κ3) is 4.09. The van der Waals surface area contributed by atoms with Crippen LogP contribution in [0.15, 0.2) is 57.0 Å². The van der Waals surface area contributed by atoms with Crippen LogP contribution < -0.4 is 0 Å². The SMILES string of the molecule is O=S(=O)(CCSc1nc2ccc(Cl)cc2[nH]1)c1ccc(Br)cc1. The van der Waals surface area contributed by atoms with E-state index in [1.165, 1.54) is 11.8 Å². The Kier molecular flexibility index (Phi) is 5.01. The van der Waals surface area contributed by atoms with Gasteiger partial charge in [-0.2, -0.15) is 0 Å². The number of hydrogen-bond donors (Lipinski definition) is 1. The van der Waals surface area contributed by atoms with Crippen LogP contribution in [0.2, 0.25) is 5.02 Å². The van der Waals surface area contributed by atoms with Crippen molar-refractivity contribution in [1.29, 1.82) is 0 Å². The minimum atomic E-state index is -3.29. The van der Waals surface area contributed by atoms with E-state index in [0.29, 0.717) is 20.8 Å². The van der Waals surface area contributed by atoms with Gasteiger partial charge in [0, 0.05) is 15.2 Å². The highest BCUT2D eigenvalue weighted by molar-refractivity contribution is 9.10. The fourth-order valence-corrected chi connectivity index (χ4v) is 5.01. The smallest absolute Gasteiger partial charge is 0.179 e. The van der Waals surface area contributed by atoms with E-state index >= 15 is 0 Å². The second kappa shape index (κ2) is 6.84. The summed E-state index contributed by atoms with van der Waals surface area (Å²) >= 11 is 10.6. The van der Waals surface area contributed by atoms with Crippen molar-refractivity contribution in [3.8, 4) is 0 Å². The molecule has 0 aliphatic rings. The highest BCUT2D eigenvalue weighted by atomic mass is 79.9. The third-order valence-electron chi connectivity index (χ3n) is 3.19. The zero-order valence-corrected chi connectivity index (χ0v) is 15.8. The molecular weight excluding hydrogens is 420 g/mol. The van der Waals surface area contributed by atoms with Crippen molar-refractivity contribution in [2.45, 2.75) is 10.1 Å². The monoisotopic (exact) mass is 430 g/mol. The minimum absolute atomic E-state index is 0.0527. The second-order valence-corrected chi connectivity index (χ2v) is 9.37. The predicted molar refractivity (Wildman–Crippen MR) is 98.0 cm³/mol. The maximum Gasteiger partial charge on any atom is 0.179 e. The number of nitrogens with zero attached hydrogens (tertiary/aromatic N) is 1. The van der Waals surface area contributed by atoms with Crippen LogP contribution >= 0.6 is 39.3 Å². The molecule has 0 saturated heterocycles. The van der Waals surface area contributed by atoms with Crippen molar-refractivity contribution in [3.05, 3.63) is 52.0 Å². The van der Waals surface area contributed by atoms with Crippen molar-refractivity contribution in [1.82, 2.24) is 9.97 Å². The largest absolute Gasteiger partial charge is 0.333 e. The van der Waals surface area contributed by atoms with Gasteiger partial charge in [-0.3, -0.25) is 0 Å². The van der Waals surface area contributed by atoms with Crippen LogP contribution in [0.4, 0.5) is 0 Å². The lowest BCUT2D eigenvalue weighted by atomic mass is 10.3. The molecule has 0 spiro atoms. The Morgan fingerprint density at radius 2 is 1.91 bits per heavy atom. The van der Waals surface area contributed by atoms with Crippen molar-refractivity contribution in [2.24, 2.45) is 0 Å². The lowest BCUT2D eigenvalue weighted by Gasteiger charge is -2.03. The van der Waals surface area contributed by atoms with Gasteiger partial charge >= 0.3 is 0 Å². The van der Waals surface area contributed by atoms with Crippen molar-refractivity contribution >= 4 is 60.2 Å². The van der Waals surface area contributed by atoms with Crippen LogP contribution in [0.5, 0.6) is 0 Å². The number of imidazole rings is 1. The van der Waals surface area contributed by atoms with Crippen LogP contribution in [-0.4, -0.2) is 29.9 Å². The maximum absolute atomic E-state index is 12.3. The van der Waals surface area contributed by atoms with Crippen LogP contribution in [0.1, 0.15) is 0 Å². The number of aromatic amines is 1. The Hall–Kier alpha value is -1.02. The first-order chi connectivity index (χ1) is 10.9. The summed E-state index contributed by atoms with van der Waals surface area (Å²) in [6.07, 6.45) is 0. The Bertz CT molecular complexity index is 940. The summed E-state index contributed by atoms with van der Waals surface area (Å²) in [5.74, 6) is 0.475. The molecule has 2 aromatic carbocycles. The van der Waals surface area contributed by atoms with E-state index in [1.807, 2.05) is 6.07 Å². The van der Waals surface area contributed by atoms with E-state index in [0.717, 1.165) is 15.5 Å². The average Bonchev–Trinajstić information content (AvgIpc) is 2.89. The molecule has 120 valence electrons. The summed E-state index contributed by atoms with van der Waals surface area (Å²) in [4.78, 5) is 7.87. The normalized spacial score (nSPS) is 11.9. The molecular formula is C15H12BrClN2O2S2. The second-order valence-electron chi connectivity index (χ2n) is 4.82. The molecule has 1 aromatic heterocycles. The first kappa shape index (κ1) is 16.8. The van der Waals surface area contributed by atoms with E-state index in [4.69, 9.17) is 11.6 Å². The molecule has 3 rings (SSSR count). The number of halogens is 2. The fraction of sp³-hybridized carbons (Fsp3) is 0.133. The van der Waals surface area contributed by atoms with Crippen LogP contribution in [0.3, 0.4) is 0 Å². The summed E-state index contributed by atoms with van der Waals surface area (Å²) in [6.45, 7) is 0. The molecule has 4 nitrogen and oxygen atoms in total. The number of nitrogens with one attached hydrogen (secondary N) is 1. The van der Waals surface area contributed by atoms with Gasteiger partial charge in [0.2, 0.25) is 0 Å². The molecule has 0 atom stereocenters. The van der Waals surface area contributed by atoms with Crippen molar-refractivity contribution in [2.75, 3.05) is 11.5 Å². The number of thioether (sulfide) groups is 1. The number of fused-ring (bicyclic) bond motifs is 1. The number of benzene rings is 2. The van der Waals surface area contributed by atoms with E-state index in [1.54, 1.807) is 36.4 Å². The highest BCUT2D eigenvalue weighted by Gasteiger charge is 2.14. The van der Waals surface area contributed by atoms with Gasteiger partial charge in [0.05, 0.1) is 21.7 Å².